The van der Waals surface area contributed by atoms with Crippen LogP contribution in [-0.2, 0) is 16.0 Å². The first-order chi connectivity index (χ1) is 16.5. The maximum Gasteiger partial charge on any atom is 0.410 e. The van der Waals surface area contributed by atoms with E-state index in [9.17, 15) is 9.59 Å². The van der Waals surface area contributed by atoms with Crippen molar-refractivity contribution in [3.63, 3.8) is 0 Å². The van der Waals surface area contributed by atoms with Crippen LogP contribution in [0.25, 0.3) is 11.1 Å². The summed E-state index contributed by atoms with van der Waals surface area (Å²) in [5, 5.41) is 1.20. The van der Waals surface area contributed by atoms with Crippen molar-refractivity contribution in [2.24, 2.45) is 5.92 Å². The molecule has 4 rings (SSSR count). The van der Waals surface area contributed by atoms with Gasteiger partial charge in [0.15, 0.2) is 0 Å². The van der Waals surface area contributed by atoms with Gasteiger partial charge in [-0.2, -0.15) is 0 Å². The number of nitrogens with zero attached hydrogens (tertiary/aromatic N) is 2. The predicted octanol–water partition coefficient (Wildman–Crippen LogP) is 6.76. The van der Waals surface area contributed by atoms with E-state index in [-0.39, 0.29) is 24.0 Å². The van der Waals surface area contributed by atoms with E-state index in [2.05, 4.69) is 31.2 Å². The first-order valence-corrected chi connectivity index (χ1v) is 13.1. The molecule has 0 saturated carbocycles. The zero-order valence-electron chi connectivity index (χ0n) is 20.9. The highest BCUT2D eigenvalue weighted by Crippen LogP contribution is 2.36. The number of halogens is 2. The minimum Gasteiger partial charge on any atom is -0.444 e. The Morgan fingerprint density at radius 2 is 1.57 bits per heavy atom. The molecule has 0 spiro atoms. The van der Waals surface area contributed by atoms with Crippen LogP contribution in [0, 0.1) is 12.8 Å². The van der Waals surface area contributed by atoms with Crippen LogP contribution in [0.1, 0.15) is 51.2 Å². The standard InChI is InChI=1S/C28H34Cl2N2O3/c1-18-5-7-19(8-6-18)21-16-24(29)23(25(30)17-21)15-20-9-14-32(26(20)33)22-10-12-31(13-11-22)27(34)35-28(2,3)4/h5-8,16-17,20,22H,9-15H2,1-4H3/t20-/m0/s1. The summed E-state index contributed by atoms with van der Waals surface area (Å²) in [5.41, 5.74) is 3.56. The maximum absolute atomic E-state index is 13.3. The molecule has 2 fully saturated rings. The molecule has 2 heterocycles. The second-order valence-corrected chi connectivity index (χ2v) is 11.5. The SMILES string of the molecule is Cc1ccc(-c2cc(Cl)c(C[C@@H]3CCN(C4CCN(C(=O)OC(C)(C)C)CC4)C3=O)c(Cl)c2)cc1. The fourth-order valence-corrected chi connectivity index (χ4v) is 5.60. The third-order valence-electron chi connectivity index (χ3n) is 6.88. The van der Waals surface area contributed by atoms with E-state index in [1.165, 1.54) is 5.56 Å². The monoisotopic (exact) mass is 516 g/mol. The molecule has 7 heteroatoms. The Balaban J connectivity index is 1.37. The Bertz CT molecular complexity index is 1060. The number of ether oxygens (including phenoxy) is 1. The Labute approximate surface area is 218 Å². The van der Waals surface area contributed by atoms with Crippen LogP contribution in [0.4, 0.5) is 4.79 Å². The van der Waals surface area contributed by atoms with Gasteiger partial charge < -0.3 is 14.5 Å². The molecule has 0 unspecified atom stereocenters. The number of benzene rings is 2. The summed E-state index contributed by atoms with van der Waals surface area (Å²) in [6, 6.07) is 12.3. The van der Waals surface area contributed by atoms with E-state index < -0.39 is 5.60 Å². The summed E-state index contributed by atoms with van der Waals surface area (Å²) >= 11 is 13.3. The van der Waals surface area contributed by atoms with Crippen LogP contribution in [0.5, 0.6) is 0 Å². The second kappa shape index (κ2) is 10.4. The molecule has 2 saturated heterocycles. The van der Waals surface area contributed by atoms with Gasteiger partial charge >= 0.3 is 6.09 Å². The highest BCUT2D eigenvalue weighted by molar-refractivity contribution is 6.36. The molecule has 1 atom stereocenters. The third kappa shape index (κ3) is 6.13. The fraction of sp³-hybridized carbons (Fsp3) is 0.500. The molecule has 2 aliphatic rings. The molecule has 0 N–H and O–H groups in total. The lowest BCUT2D eigenvalue weighted by Crippen LogP contribution is -2.48. The lowest BCUT2D eigenvalue weighted by Gasteiger charge is -2.37. The molecule has 2 aromatic carbocycles. The summed E-state index contributed by atoms with van der Waals surface area (Å²) in [6.45, 7) is 9.61. The minimum absolute atomic E-state index is 0.126. The van der Waals surface area contributed by atoms with Crippen LogP contribution in [-0.4, -0.2) is 53.1 Å². The van der Waals surface area contributed by atoms with Crippen molar-refractivity contribution in [1.82, 2.24) is 9.80 Å². The first-order valence-electron chi connectivity index (χ1n) is 12.3. The number of aryl methyl sites for hydroxylation is 1. The van der Waals surface area contributed by atoms with E-state index in [1.54, 1.807) is 4.90 Å². The summed E-state index contributed by atoms with van der Waals surface area (Å²) in [7, 11) is 0. The van der Waals surface area contributed by atoms with Crippen LogP contribution in [0.2, 0.25) is 10.0 Å². The average molecular weight is 517 g/mol. The van der Waals surface area contributed by atoms with Crippen molar-refractivity contribution in [3.05, 3.63) is 57.6 Å². The number of hydrogen-bond acceptors (Lipinski definition) is 3. The molecule has 0 aromatic heterocycles. The largest absolute Gasteiger partial charge is 0.444 e. The van der Waals surface area contributed by atoms with Gasteiger partial charge in [0, 0.05) is 41.6 Å². The maximum atomic E-state index is 13.3. The zero-order valence-corrected chi connectivity index (χ0v) is 22.5. The van der Waals surface area contributed by atoms with Crippen molar-refractivity contribution in [1.29, 1.82) is 0 Å². The lowest BCUT2D eigenvalue weighted by molar-refractivity contribution is -0.133. The number of rotatable bonds is 4. The Hall–Kier alpha value is -2.24. The Morgan fingerprint density at radius 3 is 2.14 bits per heavy atom. The molecule has 188 valence electrons. The summed E-state index contributed by atoms with van der Waals surface area (Å²) in [4.78, 5) is 29.4. The van der Waals surface area contributed by atoms with Gasteiger partial charge in [-0.25, -0.2) is 4.79 Å². The minimum atomic E-state index is -0.507. The van der Waals surface area contributed by atoms with Gasteiger partial charge in [0.05, 0.1) is 0 Å². The number of carbonyl (C=O) groups excluding carboxylic acids is 2. The predicted molar refractivity (Wildman–Crippen MR) is 141 cm³/mol. The van der Waals surface area contributed by atoms with Crippen LogP contribution >= 0.6 is 23.2 Å². The van der Waals surface area contributed by atoms with E-state index in [0.717, 1.165) is 42.5 Å². The fourth-order valence-electron chi connectivity index (χ4n) is 4.96. The third-order valence-corrected chi connectivity index (χ3v) is 7.56. The van der Waals surface area contributed by atoms with E-state index in [0.29, 0.717) is 29.6 Å². The molecule has 2 amide bonds. The van der Waals surface area contributed by atoms with E-state index in [1.807, 2.05) is 37.8 Å². The van der Waals surface area contributed by atoms with Gasteiger partial charge in [-0.3, -0.25) is 4.79 Å². The van der Waals surface area contributed by atoms with Gasteiger partial charge in [-0.15, -0.1) is 0 Å². The smallest absolute Gasteiger partial charge is 0.410 e. The van der Waals surface area contributed by atoms with Crippen molar-refractivity contribution >= 4 is 35.2 Å². The number of piperidine rings is 1. The number of likely N-dealkylation sites (tertiary alicyclic amines) is 2. The Kier molecular flexibility index (Phi) is 7.68. The molecule has 2 aliphatic heterocycles. The lowest BCUT2D eigenvalue weighted by atomic mass is 9.95. The van der Waals surface area contributed by atoms with Crippen LogP contribution < -0.4 is 0 Å². The van der Waals surface area contributed by atoms with Gasteiger partial charge in [-0.05, 0) is 82.2 Å². The van der Waals surface area contributed by atoms with Crippen molar-refractivity contribution in [3.8, 4) is 11.1 Å². The van der Waals surface area contributed by atoms with E-state index in [4.69, 9.17) is 27.9 Å². The molecule has 0 radical (unpaired) electrons. The average Bonchev–Trinajstić information content (AvgIpc) is 3.15. The van der Waals surface area contributed by atoms with Crippen LogP contribution in [0.3, 0.4) is 0 Å². The van der Waals surface area contributed by atoms with Gasteiger partial charge in [-0.1, -0.05) is 53.0 Å². The molecule has 2 aromatic rings. The highest BCUT2D eigenvalue weighted by atomic mass is 35.5. The number of carbonyl (C=O) groups is 2. The number of hydrogen-bond donors (Lipinski definition) is 0. The molecule has 0 bridgehead atoms. The quantitative estimate of drug-likeness (QED) is 0.450. The van der Waals surface area contributed by atoms with Crippen molar-refractivity contribution in [2.45, 2.75) is 65.0 Å². The zero-order chi connectivity index (χ0) is 25.3. The molecule has 0 aliphatic carbocycles. The van der Waals surface area contributed by atoms with Gasteiger partial charge in [0.2, 0.25) is 5.91 Å². The highest BCUT2D eigenvalue weighted by Gasteiger charge is 2.38. The topological polar surface area (TPSA) is 49.9 Å². The summed E-state index contributed by atoms with van der Waals surface area (Å²) in [6.07, 6.45) is 2.59. The molecular weight excluding hydrogens is 483 g/mol. The summed E-state index contributed by atoms with van der Waals surface area (Å²) < 4.78 is 5.49. The normalized spacial score (nSPS) is 19.4. The number of amides is 2. The molecule has 35 heavy (non-hydrogen) atoms. The molecular formula is C28H34Cl2N2O3. The summed E-state index contributed by atoms with van der Waals surface area (Å²) in [5.74, 6) is 0.0366. The first kappa shape index (κ1) is 25.8. The van der Waals surface area contributed by atoms with Gasteiger partial charge in [0.25, 0.3) is 0 Å². The van der Waals surface area contributed by atoms with E-state index >= 15 is 0 Å². The Morgan fingerprint density at radius 1 is 0.971 bits per heavy atom. The van der Waals surface area contributed by atoms with Gasteiger partial charge in [0.1, 0.15) is 5.60 Å². The van der Waals surface area contributed by atoms with Crippen molar-refractivity contribution < 1.29 is 14.3 Å². The molecule has 5 nitrogen and oxygen atoms in total. The van der Waals surface area contributed by atoms with Crippen LogP contribution in [0.15, 0.2) is 36.4 Å². The van der Waals surface area contributed by atoms with Crippen molar-refractivity contribution in [2.75, 3.05) is 19.6 Å². The second-order valence-electron chi connectivity index (χ2n) is 10.7.